The van der Waals surface area contributed by atoms with E-state index < -0.39 is 21.7 Å². The fourth-order valence-corrected chi connectivity index (χ4v) is 3.63. The van der Waals surface area contributed by atoms with Crippen LogP contribution in [0, 0.1) is 5.92 Å². The fraction of sp³-hybridized carbons (Fsp3) is 0.500. The minimum absolute atomic E-state index is 0.0192. The van der Waals surface area contributed by atoms with Crippen LogP contribution in [0.1, 0.15) is 31.7 Å². The van der Waals surface area contributed by atoms with Gasteiger partial charge in [0.1, 0.15) is 0 Å². The number of amides is 2. The highest BCUT2D eigenvalue weighted by Gasteiger charge is 2.30. The lowest BCUT2D eigenvalue weighted by Gasteiger charge is -2.13. The molecule has 0 unspecified atom stereocenters. The van der Waals surface area contributed by atoms with Gasteiger partial charge >= 0.3 is 12.0 Å². The maximum absolute atomic E-state index is 11.9. The van der Waals surface area contributed by atoms with Crippen molar-refractivity contribution in [1.82, 2.24) is 5.32 Å². The van der Waals surface area contributed by atoms with Gasteiger partial charge < -0.3 is 15.7 Å². The zero-order valence-corrected chi connectivity index (χ0v) is 14.3. The molecule has 1 saturated carbocycles. The summed E-state index contributed by atoms with van der Waals surface area (Å²) in [5.74, 6) is -1.14. The molecule has 1 aromatic rings. The van der Waals surface area contributed by atoms with Crippen molar-refractivity contribution in [3.8, 4) is 0 Å². The molecule has 8 heteroatoms. The van der Waals surface area contributed by atoms with Crippen LogP contribution in [-0.4, -0.2) is 37.3 Å². The van der Waals surface area contributed by atoms with E-state index in [0.29, 0.717) is 30.5 Å². The highest BCUT2D eigenvalue weighted by molar-refractivity contribution is 7.90. The van der Waals surface area contributed by atoms with Crippen LogP contribution < -0.4 is 10.6 Å². The molecule has 0 saturated heterocycles. The molecule has 3 N–H and O–H groups in total. The topological polar surface area (TPSA) is 113 Å². The number of aliphatic carboxylic acids is 1. The Kier molecular flexibility index (Phi) is 5.82. The van der Waals surface area contributed by atoms with E-state index in [1.165, 1.54) is 0 Å². The number of benzene rings is 1. The molecule has 7 nitrogen and oxygen atoms in total. The number of carboxylic acid groups (broad SMARTS) is 1. The SMILES string of the molecule is CCS(=O)(=O)Cc1ccc(NC(=O)N[C@@H]2CC[C@H](C(=O)O)C2)cc1. The number of sulfone groups is 1. The lowest BCUT2D eigenvalue weighted by molar-refractivity contribution is -0.141. The number of nitrogens with one attached hydrogen (secondary N) is 2. The molecule has 1 fully saturated rings. The third-order valence-electron chi connectivity index (χ3n) is 4.16. The summed E-state index contributed by atoms with van der Waals surface area (Å²) < 4.78 is 23.2. The van der Waals surface area contributed by atoms with E-state index in [4.69, 9.17) is 5.11 Å². The largest absolute Gasteiger partial charge is 0.481 e. The molecule has 0 heterocycles. The highest BCUT2D eigenvalue weighted by atomic mass is 32.2. The lowest BCUT2D eigenvalue weighted by Crippen LogP contribution is -2.36. The number of urea groups is 1. The van der Waals surface area contributed by atoms with Crippen molar-refractivity contribution < 1.29 is 23.1 Å². The zero-order chi connectivity index (χ0) is 17.7. The van der Waals surface area contributed by atoms with Gasteiger partial charge in [0.15, 0.2) is 9.84 Å². The number of hydrogen-bond acceptors (Lipinski definition) is 4. The van der Waals surface area contributed by atoms with Gasteiger partial charge in [-0.1, -0.05) is 19.1 Å². The molecule has 1 aliphatic carbocycles. The maximum Gasteiger partial charge on any atom is 0.319 e. The van der Waals surface area contributed by atoms with Crippen LogP contribution in [0.15, 0.2) is 24.3 Å². The molecule has 0 aromatic heterocycles. The number of rotatable bonds is 6. The van der Waals surface area contributed by atoms with Gasteiger partial charge in [-0.15, -0.1) is 0 Å². The standard InChI is InChI=1S/C16H22N2O5S/c1-2-24(22,23)10-11-3-6-13(7-4-11)17-16(21)18-14-8-5-12(9-14)15(19)20/h3-4,6-7,12,14H,2,5,8-10H2,1H3,(H,19,20)(H2,17,18,21)/t12-,14+/m0/s1. The lowest BCUT2D eigenvalue weighted by atomic mass is 10.1. The smallest absolute Gasteiger partial charge is 0.319 e. The van der Waals surface area contributed by atoms with Gasteiger partial charge in [-0.05, 0) is 37.0 Å². The van der Waals surface area contributed by atoms with Crippen molar-refractivity contribution in [2.45, 2.75) is 38.0 Å². The quantitative estimate of drug-likeness (QED) is 0.723. The minimum atomic E-state index is -3.08. The van der Waals surface area contributed by atoms with E-state index in [2.05, 4.69) is 10.6 Å². The molecule has 2 amide bonds. The van der Waals surface area contributed by atoms with Crippen molar-refractivity contribution in [2.75, 3.05) is 11.1 Å². The first-order valence-electron chi connectivity index (χ1n) is 7.88. The summed E-state index contributed by atoms with van der Waals surface area (Å²) in [5, 5.41) is 14.4. The molecule has 2 rings (SSSR count). The van der Waals surface area contributed by atoms with Gasteiger partial charge in [-0.3, -0.25) is 4.79 Å². The first-order valence-corrected chi connectivity index (χ1v) is 9.71. The second-order valence-electron chi connectivity index (χ2n) is 6.02. The molecular formula is C16H22N2O5S. The summed E-state index contributed by atoms with van der Waals surface area (Å²) in [5.41, 5.74) is 1.22. The van der Waals surface area contributed by atoms with Crippen molar-refractivity contribution in [2.24, 2.45) is 5.92 Å². The Morgan fingerprint density at radius 3 is 2.42 bits per heavy atom. The second kappa shape index (κ2) is 7.65. The van der Waals surface area contributed by atoms with E-state index in [1.807, 2.05) is 0 Å². The van der Waals surface area contributed by atoms with Crippen LogP contribution in [0.4, 0.5) is 10.5 Å². The molecule has 132 valence electrons. The Morgan fingerprint density at radius 2 is 1.88 bits per heavy atom. The van der Waals surface area contributed by atoms with Gasteiger partial charge in [-0.25, -0.2) is 13.2 Å². The predicted molar refractivity (Wildman–Crippen MR) is 90.5 cm³/mol. The summed E-state index contributed by atoms with van der Waals surface area (Å²) in [7, 11) is -3.08. The molecule has 0 aliphatic heterocycles. The van der Waals surface area contributed by atoms with Gasteiger partial charge in [0, 0.05) is 17.5 Å². The molecule has 1 aliphatic rings. The van der Waals surface area contributed by atoms with Crippen molar-refractivity contribution in [1.29, 1.82) is 0 Å². The number of anilines is 1. The average molecular weight is 354 g/mol. The van der Waals surface area contributed by atoms with Crippen molar-refractivity contribution in [3.05, 3.63) is 29.8 Å². The number of carbonyl (C=O) groups excluding carboxylic acids is 1. The van der Waals surface area contributed by atoms with Crippen LogP contribution in [0.2, 0.25) is 0 Å². The van der Waals surface area contributed by atoms with Crippen molar-refractivity contribution >= 4 is 27.5 Å². The molecule has 2 atom stereocenters. The summed E-state index contributed by atoms with van der Waals surface area (Å²) in [4.78, 5) is 22.8. The maximum atomic E-state index is 11.9. The molecule has 0 bridgehead atoms. The predicted octanol–water partition coefficient (Wildman–Crippen LogP) is 2.00. The highest BCUT2D eigenvalue weighted by Crippen LogP contribution is 2.25. The Bertz CT molecular complexity index is 700. The second-order valence-corrected chi connectivity index (χ2v) is 8.37. The van der Waals surface area contributed by atoms with E-state index in [9.17, 15) is 18.0 Å². The van der Waals surface area contributed by atoms with Crippen LogP contribution in [-0.2, 0) is 20.4 Å². The normalized spacial score (nSPS) is 20.5. The Morgan fingerprint density at radius 1 is 1.21 bits per heavy atom. The van der Waals surface area contributed by atoms with E-state index in [0.717, 1.165) is 0 Å². The molecular weight excluding hydrogens is 332 g/mol. The summed E-state index contributed by atoms with van der Waals surface area (Å²) >= 11 is 0. The van der Waals surface area contributed by atoms with Crippen LogP contribution in [0.5, 0.6) is 0 Å². The number of hydrogen-bond donors (Lipinski definition) is 3. The van der Waals surface area contributed by atoms with Crippen LogP contribution in [0.3, 0.4) is 0 Å². The van der Waals surface area contributed by atoms with Gasteiger partial charge in [-0.2, -0.15) is 0 Å². The van der Waals surface area contributed by atoms with Gasteiger partial charge in [0.2, 0.25) is 0 Å². The molecule has 24 heavy (non-hydrogen) atoms. The third-order valence-corrected chi connectivity index (χ3v) is 5.81. The van der Waals surface area contributed by atoms with Gasteiger partial charge in [0.25, 0.3) is 0 Å². The van der Waals surface area contributed by atoms with Crippen LogP contribution in [0.25, 0.3) is 0 Å². The van der Waals surface area contributed by atoms with Crippen LogP contribution >= 0.6 is 0 Å². The average Bonchev–Trinajstić information content (AvgIpc) is 2.97. The van der Waals surface area contributed by atoms with Gasteiger partial charge in [0.05, 0.1) is 11.7 Å². The summed E-state index contributed by atoms with van der Waals surface area (Å²) in [6.07, 6.45) is 1.66. The summed E-state index contributed by atoms with van der Waals surface area (Å²) in [6, 6.07) is 6.10. The third kappa shape index (κ3) is 5.23. The monoisotopic (exact) mass is 354 g/mol. The first kappa shape index (κ1) is 18.3. The van der Waals surface area contributed by atoms with E-state index >= 15 is 0 Å². The van der Waals surface area contributed by atoms with E-state index in [1.54, 1.807) is 31.2 Å². The number of carboxylic acids is 1. The Hall–Kier alpha value is -2.09. The first-order chi connectivity index (χ1) is 11.3. The molecule has 0 spiro atoms. The molecule has 0 radical (unpaired) electrons. The number of carbonyl (C=O) groups is 2. The summed E-state index contributed by atoms with van der Waals surface area (Å²) in [6.45, 7) is 1.60. The Labute approximate surface area is 141 Å². The minimum Gasteiger partial charge on any atom is -0.481 e. The molecule has 1 aromatic carbocycles. The van der Waals surface area contributed by atoms with E-state index in [-0.39, 0.29) is 23.6 Å². The van der Waals surface area contributed by atoms with Crippen molar-refractivity contribution in [3.63, 3.8) is 0 Å². The Balaban J connectivity index is 1.85. The zero-order valence-electron chi connectivity index (χ0n) is 13.5. The fourth-order valence-electron chi connectivity index (χ4n) is 2.73.